The molecule has 0 saturated heterocycles. The summed E-state index contributed by atoms with van der Waals surface area (Å²) in [4.78, 5) is 30.1. The van der Waals surface area contributed by atoms with Crippen LogP contribution in [0, 0.1) is 0 Å². The molecule has 186 valence electrons. The number of imide groups is 1. The third-order valence-electron chi connectivity index (χ3n) is 9.00. The average molecular weight is 491 g/mol. The fraction of sp³-hybridized carbons (Fsp3) is 0.312. The SMILES string of the molecule is CN1c2c(CN3C(=O)C4=C(CCCC4)C3=O)cccc2C(C)(C)C12C=Cc1c(ccc3ccccc13)O2. The third-order valence-corrected chi connectivity index (χ3v) is 9.00. The van der Waals surface area contributed by atoms with Crippen LogP contribution in [0.2, 0.25) is 0 Å². The van der Waals surface area contributed by atoms with Crippen molar-refractivity contribution in [2.24, 2.45) is 0 Å². The number of ether oxygens (including phenoxy) is 1. The van der Waals surface area contributed by atoms with E-state index in [0.717, 1.165) is 52.1 Å². The van der Waals surface area contributed by atoms with Gasteiger partial charge in [0, 0.05) is 29.4 Å². The minimum atomic E-state index is -0.739. The zero-order valence-corrected chi connectivity index (χ0v) is 21.5. The molecule has 3 aliphatic heterocycles. The van der Waals surface area contributed by atoms with Crippen molar-refractivity contribution in [1.29, 1.82) is 0 Å². The van der Waals surface area contributed by atoms with E-state index < -0.39 is 5.72 Å². The Kier molecular flexibility index (Phi) is 4.58. The largest absolute Gasteiger partial charge is 0.463 e. The monoisotopic (exact) mass is 490 g/mol. The van der Waals surface area contributed by atoms with Crippen LogP contribution in [-0.2, 0) is 21.5 Å². The standard InChI is InChI=1S/C32H30N2O3/c1-31(2)26-14-8-10-21(19-34-29(35)24-12-6-7-13-25(24)30(34)36)28(26)33(3)32(31)18-17-23-22-11-5-4-9-20(22)15-16-27(23)37-32/h4-5,8-11,14-18H,6-7,12-13,19H2,1-3H3. The Balaban J connectivity index is 1.29. The van der Waals surface area contributed by atoms with E-state index >= 15 is 0 Å². The van der Waals surface area contributed by atoms with Crippen LogP contribution in [0.1, 0.15) is 56.2 Å². The van der Waals surface area contributed by atoms with Crippen LogP contribution in [0.3, 0.4) is 0 Å². The van der Waals surface area contributed by atoms with Gasteiger partial charge in [0.05, 0.1) is 12.0 Å². The van der Waals surface area contributed by atoms with E-state index in [2.05, 4.69) is 80.4 Å². The number of anilines is 1. The fourth-order valence-corrected chi connectivity index (χ4v) is 6.96. The molecule has 0 N–H and O–H groups in total. The Bertz CT molecular complexity index is 1550. The summed E-state index contributed by atoms with van der Waals surface area (Å²) in [5.41, 5.74) is 4.58. The van der Waals surface area contributed by atoms with Gasteiger partial charge in [-0.2, -0.15) is 0 Å². The zero-order chi connectivity index (χ0) is 25.5. The molecule has 37 heavy (non-hydrogen) atoms. The van der Waals surface area contributed by atoms with Gasteiger partial charge >= 0.3 is 0 Å². The Hall–Kier alpha value is -3.86. The summed E-state index contributed by atoms with van der Waals surface area (Å²) < 4.78 is 6.93. The highest BCUT2D eigenvalue weighted by Crippen LogP contribution is 2.56. The first kappa shape index (κ1) is 22.3. The van der Waals surface area contributed by atoms with E-state index in [4.69, 9.17) is 4.74 Å². The van der Waals surface area contributed by atoms with E-state index in [0.29, 0.717) is 12.8 Å². The first-order chi connectivity index (χ1) is 17.8. The van der Waals surface area contributed by atoms with Gasteiger partial charge in [-0.25, -0.2) is 0 Å². The van der Waals surface area contributed by atoms with Crippen LogP contribution in [0.25, 0.3) is 16.8 Å². The van der Waals surface area contributed by atoms with Gasteiger partial charge in [-0.3, -0.25) is 14.5 Å². The highest BCUT2D eigenvalue weighted by atomic mass is 16.5. The fourth-order valence-electron chi connectivity index (χ4n) is 6.96. The van der Waals surface area contributed by atoms with Gasteiger partial charge < -0.3 is 9.64 Å². The van der Waals surface area contributed by atoms with Crippen LogP contribution in [0.4, 0.5) is 5.69 Å². The summed E-state index contributed by atoms with van der Waals surface area (Å²) in [7, 11) is 2.06. The summed E-state index contributed by atoms with van der Waals surface area (Å²) in [6.07, 6.45) is 7.76. The van der Waals surface area contributed by atoms with E-state index in [1.54, 1.807) is 0 Å². The lowest BCUT2D eigenvalue weighted by molar-refractivity contribution is -0.138. The van der Waals surface area contributed by atoms with Crippen LogP contribution in [0.15, 0.2) is 71.8 Å². The number of hydrogen-bond donors (Lipinski definition) is 0. The number of amides is 2. The van der Waals surface area contributed by atoms with E-state index in [9.17, 15) is 9.59 Å². The maximum absolute atomic E-state index is 13.2. The van der Waals surface area contributed by atoms with Crippen LogP contribution in [0.5, 0.6) is 5.75 Å². The Labute approximate surface area is 217 Å². The first-order valence-electron chi connectivity index (χ1n) is 13.2. The molecule has 3 aromatic carbocycles. The normalized spacial score (nSPS) is 23.5. The lowest BCUT2D eigenvalue weighted by Gasteiger charge is -2.46. The van der Waals surface area contributed by atoms with Crippen LogP contribution < -0.4 is 9.64 Å². The quantitative estimate of drug-likeness (QED) is 0.407. The molecule has 0 aromatic heterocycles. The van der Waals surface area contributed by atoms with Gasteiger partial charge in [0.15, 0.2) is 0 Å². The molecule has 4 aliphatic rings. The predicted octanol–water partition coefficient (Wildman–Crippen LogP) is 6.11. The number of para-hydroxylation sites is 1. The molecule has 2 amide bonds. The predicted molar refractivity (Wildman–Crippen MR) is 145 cm³/mol. The minimum Gasteiger partial charge on any atom is -0.463 e. The molecule has 7 rings (SSSR count). The minimum absolute atomic E-state index is 0.110. The smallest absolute Gasteiger partial charge is 0.257 e. The number of carbonyl (C=O) groups excluding carboxylic acids is 2. The molecule has 1 aliphatic carbocycles. The van der Waals surface area contributed by atoms with Crippen molar-refractivity contribution in [1.82, 2.24) is 4.90 Å². The van der Waals surface area contributed by atoms with Gasteiger partial charge in [0.1, 0.15) is 5.75 Å². The second-order valence-electron chi connectivity index (χ2n) is 11.2. The molecular weight excluding hydrogens is 460 g/mol. The van der Waals surface area contributed by atoms with Crippen molar-refractivity contribution in [3.63, 3.8) is 0 Å². The molecular formula is C32H30N2O3. The van der Waals surface area contributed by atoms with Crippen molar-refractivity contribution in [3.8, 4) is 5.75 Å². The molecule has 0 fully saturated rings. The summed E-state index contributed by atoms with van der Waals surface area (Å²) in [6, 6.07) is 18.8. The highest BCUT2D eigenvalue weighted by Gasteiger charge is 2.58. The molecule has 0 radical (unpaired) electrons. The summed E-state index contributed by atoms with van der Waals surface area (Å²) in [5, 5.41) is 2.36. The number of carbonyl (C=O) groups is 2. The van der Waals surface area contributed by atoms with Gasteiger partial charge in [0.25, 0.3) is 11.8 Å². The number of benzene rings is 3. The topological polar surface area (TPSA) is 49.9 Å². The first-order valence-corrected chi connectivity index (χ1v) is 13.2. The Morgan fingerprint density at radius 2 is 1.62 bits per heavy atom. The van der Waals surface area contributed by atoms with Gasteiger partial charge in [-0.05, 0) is 79.6 Å². The van der Waals surface area contributed by atoms with Crippen molar-refractivity contribution < 1.29 is 14.3 Å². The number of hydrogen-bond acceptors (Lipinski definition) is 4. The molecule has 1 spiro atoms. The summed E-state index contributed by atoms with van der Waals surface area (Å²) in [5.74, 6) is 0.639. The van der Waals surface area contributed by atoms with E-state index in [1.807, 2.05) is 12.1 Å². The maximum Gasteiger partial charge on any atom is 0.257 e. The lowest BCUT2D eigenvalue weighted by Crippen LogP contribution is -2.58. The maximum atomic E-state index is 13.2. The molecule has 1 unspecified atom stereocenters. The number of rotatable bonds is 2. The van der Waals surface area contributed by atoms with Crippen molar-refractivity contribution in [2.45, 2.75) is 57.2 Å². The molecule has 0 bridgehead atoms. The zero-order valence-electron chi connectivity index (χ0n) is 21.5. The Morgan fingerprint density at radius 1 is 0.892 bits per heavy atom. The second kappa shape index (κ2) is 7.58. The van der Waals surface area contributed by atoms with Gasteiger partial charge in [0.2, 0.25) is 5.72 Å². The molecule has 0 saturated carbocycles. The van der Waals surface area contributed by atoms with E-state index in [-0.39, 0.29) is 23.8 Å². The van der Waals surface area contributed by atoms with E-state index in [1.165, 1.54) is 15.7 Å². The van der Waals surface area contributed by atoms with Crippen LogP contribution >= 0.6 is 0 Å². The summed E-state index contributed by atoms with van der Waals surface area (Å²) in [6.45, 7) is 4.69. The molecule has 1 atom stereocenters. The summed E-state index contributed by atoms with van der Waals surface area (Å²) >= 11 is 0. The lowest BCUT2D eigenvalue weighted by atomic mass is 9.76. The number of fused-ring (bicyclic) bond motifs is 4. The van der Waals surface area contributed by atoms with Gasteiger partial charge in [-0.1, -0.05) is 48.5 Å². The van der Waals surface area contributed by atoms with Gasteiger partial charge in [-0.15, -0.1) is 0 Å². The van der Waals surface area contributed by atoms with Crippen molar-refractivity contribution in [3.05, 3.63) is 88.5 Å². The average Bonchev–Trinajstić information content (AvgIpc) is 3.25. The Morgan fingerprint density at radius 3 is 2.38 bits per heavy atom. The van der Waals surface area contributed by atoms with Crippen LogP contribution in [-0.4, -0.2) is 29.5 Å². The molecule has 3 aromatic rings. The third kappa shape index (κ3) is 2.85. The molecule has 5 heteroatoms. The van der Waals surface area contributed by atoms with Crippen molar-refractivity contribution in [2.75, 3.05) is 11.9 Å². The highest BCUT2D eigenvalue weighted by molar-refractivity contribution is 6.19. The molecule has 5 nitrogen and oxygen atoms in total. The number of likely N-dealkylation sites (N-methyl/N-ethyl adjacent to an activating group) is 1. The second-order valence-corrected chi connectivity index (χ2v) is 11.2. The van der Waals surface area contributed by atoms with Crippen molar-refractivity contribution >= 4 is 34.4 Å². The number of nitrogens with zero attached hydrogens (tertiary/aromatic N) is 2. The molecule has 3 heterocycles.